The van der Waals surface area contributed by atoms with E-state index in [0.29, 0.717) is 44.5 Å². The Labute approximate surface area is 202 Å². The van der Waals surface area contributed by atoms with Gasteiger partial charge < -0.3 is 19.4 Å². The molecule has 0 N–H and O–H groups in total. The summed E-state index contributed by atoms with van der Waals surface area (Å²) in [5, 5.41) is 9.70. The van der Waals surface area contributed by atoms with Crippen LogP contribution in [0.5, 0.6) is 0 Å². The van der Waals surface area contributed by atoms with E-state index in [1.807, 2.05) is 29.2 Å². The van der Waals surface area contributed by atoms with Gasteiger partial charge in [0, 0.05) is 51.7 Å². The van der Waals surface area contributed by atoms with Gasteiger partial charge in [0.25, 0.3) is 0 Å². The van der Waals surface area contributed by atoms with Crippen molar-refractivity contribution in [3.05, 3.63) is 54.4 Å². The zero-order valence-corrected chi connectivity index (χ0v) is 19.8. The van der Waals surface area contributed by atoms with Crippen LogP contribution in [-0.2, 0) is 16.1 Å². The maximum atomic E-state index is 13.0. The van der Waals surface area contributed by atoms with Crippen LogP contribution in [0.2, 0.25) is 0 Å². The smallest absolute Gasteiger partial charge is 0.233 e. The molecular formula is C23H28N8O2S. The average Bonchev–Trinajstić information content (AvgIpc) is 3.31. The van der Waals surface area contributed by atoms with E-state index in [-0.39, 0.29) is 5.91 Å². The highest BCUT2D eigenvalue weighted by molar-refractivity contribution is 7.99. The molecule has 178 valence electrons. The van der Waals surface area contributed by atoms with E-state index >= 15 is 0 Å². The number of piperazine rings is 1. The number of carbonyl (C=O) groups excluding carboxylic acids is 1. The van der Waals surface area contributed by atoms with Gasteiger partial charge in [-0.1, -0.05) is 42.1 Å². The van der Waals surface area contributed by atoms with Crippen LogP contribution in [-0.4, -0.2) is 93.8 Å². The summed E-state index contributed by atoms with van der Waals surface area (Å²) in [5.74, 6) is 1.99. The summed E-state index contributed by atoms with van der Waals surface area (Å²) < 4.78 is 7.62. The fourth-order valence-electron chi connectivity index (χ4n) is 4.12. The Morgan fingerprint density at radius 3 is 2.35 bits per heavy atom. The molecule has 2 aliphatic heterocycles. The number of carbonyl (C=O) groups is 1. The topological polar surface area (TPSA) is 92.5 Å². The summed E-state index contributed by atoms with van der Waals surface area (Å²) in [6.45, 7) is 6.36. The maximum Gasteiger partial charge on any atom is 0.233 e. The Kier molecular flexibility index (Phi) is 7.20. The van der Waals surface area contributed by atoms with E-state index in [1.165, 1.54) is 17.3 Å². The largest absolute Gasteiger partial charge is 0.378 e. The van der Waals surface area contributed by atoms with Crippen LogP contribution in [0.15, 0.2) is 53.9 Å². The fourth-order valence-corrected chi connectivity index (χ4v) is 4.95. The number of morpholine rings is 1. The van der Waals surface area contributed by atoms with Crippen molar-refractivity contribution >= 4 is 29.6 Å². The summed E-state index contributed by atoms with van der Waals surface area (Å²) in [4.78, 5) is 27.8. The summed E-state index contributed by atoms with van der Waals surface area (Å²) in [5.41, 5.74) is 1.17. The zero-order chi connectivity index (χ0) is 23.2. The van der Waals surface area contributed by atoms with Gasteiger partial charge in [0.15, 0.2) is 5.16 Å². The minimum Gasteiger partial charge on any atom is -0.378 e. The van der Waals surface area contributed by atoms with Crippen LogP contribution in [0.1, 0.15) is 5.56 Å². The van der Waals surface area contributed by atoms with Crippen molar-refractivity contribution < 1.29 is 9.53 Å². The van der Waals surface area contributed by atoms with Crippen LogP contribution in [0.3, 0.4) is 0 Å². The molecular weight excluding hydrogens is 452 g/mol. The highest BCUT2D eigenvalue weighted by Crippen LogP contribution is 2.25. The summed E-state index contributed by atoms with van der Waals surface area (Å²) >= 11 is 1.45. The summed E-state index contributed by atoms with van der Waals surface area (Å²) in [6.07, 6.45) is 3.49. The Bertz CT molecular complexity index is 1070. The number of thioether (sulfide) groups is 1. The Morgan fingerprint density at radius 1 is 0.882 bits per heavy atom. The molecule has 4 heterocycles. The third-order valence-electron chi connectivity index (χ3n) is 5.97. The van der Waals surface area contributed by atoms with Gasteiger partial charge in [-0.05, 0) is 11.6 Å². The van der Waals surface area contributed by atoms with Crippen LogP contribution in [0, 0.1) is 0 Å². The molecule has 0 aliphatic carbocycles. The predicted molar refractivity (Wildman–Crippen MR) is 130 cm³/mol. The Morgan fingerprint density at radius 2 is 1.62 bits per heavy atom. The lowest BCUT2D eigenvalue weighted by Crippen LogP contribution is -2.49. The van der Waals surface area contributed by atoms with Crippen molar-refractivity contribution in [2.24, 2.45) is 0 Å². The second-order valence-corrected chi connectivity index (χ2v) is 9.10. The van der Waals surface area contributed by atoms with Gasteiger partial charge in [0.05, 0.1) is 25.5 Å². The number of ether oxygens (including phenoxy) is 1. The van der Waals surface area contributed by atoms with Gasteiger partial charge in [0.1, 0.15) is 0 Å². The molecule has 0 atom stereocenters. The molecule has 0 saturated carbocycles. The lowest BCUT2D eigenvalue weighted by Gasteiger charge is -2.34. The van der Waals surface area contributed by atoms with E-state index in [9.17, 15) is 4.79 Å². The molecule has 2 aliphatic rings. The minimum atomic E-state index is 0.112. The minimum absolute atomic E-state index is 0.112. The van der Waals surface area contributed by atoms with Crippen molar-refractivity contribution in [2.45, 2.75) is 11.7 Å². The number of nitrogens with zero attached hydrogens (tertiary/aromatic N) is 8. The molecule has 3 aromatic rings. The number of anilines is 2. The normalized spacial score (nSPS) is 16.6. The molecule has 0 bridgehead atoms. The van der Waals surface area contributed by atoms with Gasteiger partial charge >= 0.3 is 0 Å². The summed E-state index contributed by atoms with van der Waals surface area (Å²) in [6, 6.07) is 12.1. The van der Waals surface area contributed by atoms with E-state index in [1.54, 1.807) is 12.4 Å². The molecule has 11 heteroatoms. The number of benzene rings is 1. The maximum absolute atomic E-state index is 13.0. The number of amides is 1. The first-order valence-electron chi connectivity index (χ1n) is 11.5. The molecule has 34 heavy (non-hydrogen) atoms. The first-order chi connectivity index (χ1) is 16.8. The Hall–Kier alpha value is -3.18. The van der Waals surface area contributed by atoms with Gasteiger partial charge in [0.2, 0.25) is 17.8 Å². The highest BCUT2D eigenvalue weighted by Gasteiger charge is 2.25. The fraction of sp³-hybridized carbons (Fsp3) is 0.435. The average molecular weight is 481 g/mol. The second kappa shape index (κ2) is 10.8. The van der Waals surface area contributed by atoms with Crippen molar-refractivity contribution in [1.82, 2.24) is 29.6 Å². The zero-order valence-electron chi connectivity index (χ0n) is 19.0. The van der Waals surface area contributed by atoms with Crippen molar-refractivity contribution in [3.63, 3.8) is 0 Å². The van der Waals surface area contributed by atoms with Gasteiger partial charge in [-0.3, -0.25) is 9.36 Å². The SMILES string of the molecule is O=C(CSc1nnc(N2CCOCC2)n1Cc1ccccc1)N1CCN(c2ncccn2)CC1. The lowest BCUT2D eigenvalue weighted by atomic mass is 10.2. The molecule has 0 unspecified atom stereocenters. The van der Waals surface area contributed by atoms with Crippen LogP contribution >= 0.6 is 11.8 Å². The molecule has 2 aromatic heterocycles. The third-order valence-corrected chi connectivity index (χ3v) is 6.92. The molecule has 1 aromatic carbocycles. The van der Waals surface area contributed by atoms with Crippen LogP contribution in [0.25, 0.3) is 0 Å². The summed E-state index contributed by atoms with van der Waals surface area (Å²) in [7, 11) is 0. The molecule has 10 nitrogen and oxygen atoms in total. The van der Waals surface area contributed by atoms with Crippen molar-refractivity contribution in [1.29, 1.82) is 0 Å². The van der Waals surface area contributed by atoms with Crippen LogP contribution < -0.4 is 9.80 Å². The first-order valence-corrected chi connectivity index (χ1v) is 12.5. The lowest BCUT2D eigenvalue weighted by molar-refractivity contribution is -0.128. The van der Waals surface area contributed by atoms with Crippen molar-refractivity contribution in [2.75, 3.05) is 68.0 Å². The second-order valence-electron chi connectivity index (χ2n) is 8.16. The molecule has 2 fully saturated rings. The molecule has 2 saturated heterocycles. The molecule has 5 rings (SSSR count). The monoisotopic (exact) mass is 480 g/mol. The number of aromatic nitrogens is 5. The highest BCUT2D eigenvalue weighted by atomic mass is 32.2. The van der Waals surface area contributed by atoms with Crippen molar-refractivity contribution in [3.8, 4) is 0 Å². The van der Waals surface area contributed by atoms with Gasteiger partial charge in [-0.2, -0.15) is 0 Å². The molecule has 0 radical (unpaired) electrons. The quantitative estimate of drug-likeness (QED) is 0.465. The van der Waals surface area contributed by atoms with Gasteiger partial charge in [-0.15, -0.1) is 10.2 Å². The van der Waals surface area contributed by atoms with E-state index in [0.717, 1.165) is 37.3 Å². The predicted octanol–water partition coefficient (Wildman–Crippen LogP) is 1.39. The first kappa shape index (κ1) is 22.6. The van der Waals surface area contributed by atoms with Crippen LogP contribution in [0.4, 0.5) is 11.9 Å². The number of rotatable bonds is 7. The molecule has 1 amide bonds. The third kappa shape index (κ3) is 5.31. The van der Waals surface area contributed by atoms with E-state index in [4.69, 9.17) is 4.74 Å². The van der Waals surface area contributed by atoms with E-state index in [2.05, 4.69) is 46.7 Å². The Balaban J connectivity index is 1.23. The number of hydrogen-bond acceptors (Lipinski definition) is 9. The number of hydrogen-bond donors (Lipinski definition) is 0. The molecule has 0 spiro atoms. The van der Waals surface area contributed by atoms with E-state index < -0.39 is 0 Å². The van der Waals surface area contributed by atoms with Gasteiger partial charge in [-0.25, -0.2) is 9.97 Å². The standard InChI is InChI=1S/C23H28N8O2S/c32-20(28-9-11-29(12-10-28)21-24-7-4-8-25-21)18-34-23-27-26-22(30-13-15-33-16-14-30)31(23)17-19-5-2-1-3-6-19/h1-8H,9-18H2.